The average Bonchev–Trinajstić information content (AvgIpc) is 3.30. The molecule has 9 nitrogen and oxygen atoms in total. The van der Waals surface area contributed by atoms with Crippen molar-refractivity contribution < 1.29 is 28.6 Å². The van der Waals surface area contributed by atoms with Gasteiger partial charge in [-0.2, -0.15) is 0 Å². The molecule has 2 N–H and O–H groups in total. The molecular formula is C27H25N3O6. The van der Waals surface area contributed by atoms with Crippen LogP contribution in [0.4, 0.5) is 17.1 Å². The Labute approximate surface area is 208 Å². The lowest BCUT2D eigenvalue weighted by atomic mass is 10.1. The van der Waals surface area contributed by atoms with E-state index in [2.05, 4.69) is 10.6 Å². The SMILES string of the molecule is COc1cccc(NC(=O)c2ccccc2NC(=O)C2CC(=O)N(c3ccc4c(c3)OCCO4)C2)c1. The molecule has 2 heterocycles. The molecule has 2 aliphatic rings. The zero-order valence-corrected chi connectivity index (χ0v) is 19.7. The molecule has 184 valence electrons. The van der Waals surface area contributed by atoms with Gasteiger partial charge in [0.15, 0.2) is 11.5 Å². The van der Waals surface area contributed by atoms with Crippen molar-refractivity contribution in [3.8, 4) is 17.2 Å². The van der Waals surface area contributed by atoms with Crippen LogP contribution in [0, 0.1) is 5.92 Å². The third-order valence-corrected chi connectivity index (χ3v) is 6.09. The van der Waals surface area contributed by atoms with E-state index in [1.807, 2.05) is 0 Å². The van der Waals surface area contributed by atoms with E-state index in [-0.39, 0.29) is 30.7 Å². The number of methoxy groups -OCH3 is 1. The molecule has 3 amide bonds. The minimum absolute atomic E-state index is 0.0679. The second kappa shape index (κ2) is 9.99. The maximum atomic E-state index is 13.1. The Kier molecular flexibility index (Phi) is 6.44. The monoisotopic (exact) mass is 487 g/mol. The number of hydrogen-bond donors (Lipinski definition) is 2. The van der Waals surface area contributed by atoms with Gasteiger partial charge in [-0.05, 0) is 36.4 Å². The lowest BCUT2D eigenvalue weighted by molar-refractivity contribution is -0.122. The smallest absolute Gasteiger partial charge is 0.257 e. The van der Waals surface area contributed by atoms with Gasteiger partial charge in [0.05, 0.1) is 24.3 Å². The second-order valence-electron chi connectivity index (χ2n) is 8.45. The lowest BCUT2D eigenvalue weighted by Crippen LogP contribution is -2.29. The number of carbonyl (C=O) groups is 3. The first-order valence-corrected chi connectivity index (χ1v) is 11.6. The predicted molar refractivity (Wildman–Crippen MR) is 134 cm³/mol. The minimum atomic E-state index is -0.569. The number of amides is 3. The number of carbonyl (C=O) groups excluding carboxylic acids is 3. The van der Waals surface area contributed by atoms with Crippen LogP contribution in [-0.4, -0.2) is 44.6 Å². The Hall–Kier alpha value is -4.53. The number of benzene rings is 3. The van der Waals surface area contributed by atoms with Gasteiger partial charge in [0.2, 0.25) is 11.8 Å². The number of hydrogen-bond acceptors (Lipinski definition) is 6. The summed E-state index contributed by atoms with van der Waals surface area (Å²) < 4.78 is 16.4. The van der Waals surface area contributed by atoms with Gasteiger partial charge >= 0.3 is 0 Å². The number of rotatable bonds is 6. The molecule has 1 unspecified atom stereocenters. The van der Waals surface area contributed by atoms with Crippen molar-refractivity contribution in [2.75, 3.05) is 42.4 Å². The van der Waals surface area contributed by atoms with Crippen molar-refractivity contribution in [3.63, 3.8) is 0 Å². The van der Waals surface area contributed by atoms with Crippen molar-refractivity contribution in [2.24, 2.45) is 5.92 Å². The van der Waals surface area contributed by atoms with Gasteiger partial charge in [0, 0.05) is 36.5 Å². The minimum Gasteiger partial charge on any atom is -0.497 e. The topological polar surface area (TPSA) is 106 Å². The van der Waals surface area contributed by atoms with E-state index in [1.165, 1.54) is 0 Å². The first-order chi connectivity index (χ1) is 17.5. The van der Waals surface area contributed by atoms with Crippen LogP contribution in [0.1, 0.15) is 16.8 Å². The fraction of sp³-hybridized carbons (Fsp3) is 0.222. The van der Waals surface area contributed by atoms with Crippen LogP contribution in [0.15, 0.2) is 66.7 Å². The summed E-state index contributed by atoms with van der Waals surface area (Å²) in [6.07, 6.45) is 0.0679. The number of ether oxygens (including phenoxy) is 3. The van der Waals surface area contributed by atoms with E-state index >= 15 is 0 Å². The fourth-order valence-electron chi connectivity index (χ4n) is 4.26. The van der Waals surface area contributed by atoms with Gasteiger partial charge in [-0.1, -0.05) is 18.2 Å². The van der Waals surface area contributed by atoms with Gasteiger partial charge in [-0.15, -0.1) is 0 Å². The van der Waals surface area contributed by atoms with Crippen molar-refractivity contribution in [2.45, 2.75) is 6.42 Å². The summed E-state index contributed by atoms with van der Waals surface area (Å²) in [5.74, 6) is 0.397. The van der Waals surface area contributed by atoms with E-state index < -0.39 is 5.92 Å². The average molecular weight is 488 g/mol. The Morgan fingerprint density at radius 2 is 1.75 bits per heavy atom. The van der Waals surface area contributed by atoms with Crippen LogP contribution in [0.3, 0.4) is 0 Å². The Bertz CT molecular complexity index is 1320. The molecule has 36 heavy (non-hydrogen) atoms. The third-order valence-electron chi connectivity index (χ3n) is 6.09. The normalized spacial score (nSPS) is 16.4. The zero-order valence-electron chi connectivity index (χ0n) is 19.7. The van der Waals surface area contributed by atoms with E-state index in [4.69, 9.17) is 14.2 Å². The van der Waals surface area contributed by atoms with Gasteiger partial charge in [0.25, 0.3) is 5.91 Å². The number of nitrogens with one attached hydrogen (secondary N) is 2. The molecule has 1 fully saturated rings. The van der Waals surface area contributed by atoms with Gasteiger partial charge in [-0.25, -0.2) is 0 Å². The molecule has 1 atom stereocenters. The number of para-hydroxylation sites is 1. The molecule has 0 aliphatic carbocycles. The maximum absolute atomic E-state index is 13.1. The third kappa shape index (κ3) is 4.81. The van der Waals surface area contributed by atoms with E-state index in [9.17, 15) is 14.4 Å². The molecule has 9 heteroatoms. The second-order valence-corrected chi connectivity index (χ2v) is 8.45. The van der Waals surface area contributed by atoms with E-state index in [0.717, 1.165) is 0 Å². The summed E-state index contributed by atoms with van der Waals surface area (Å²) in [7, 11) is 1.55. The van der Waals surface area contributed by atoms with Crippen LogP contribution in [0.5, 0.6) is 17.2 Å². The van der Waals surface area contributed by atoms with Crippen LogP contribution < -0.4 is 29.7 Å². The van der Waals surface area contributed by atoms with E-state index in [1.54, 1.807) is 78.7 Å². The summed E-state index contributed by atoms with van der Waals surface area (Å²) in [6.45, 7) is 1.15. The van der Waals surface area contributed by atoms with Crippen molar-refractivity contribution in [3.05, 3.63) is 72.3 Å². The Morgan fingerprint density at radius 1 is 0.944 bits per heavy atom. The maximum Gasteiger partial charge on any atom is 0.257 e. The summed E-state index contributed by atoms with van der Waals surface area (Å²) in [6, 6.07) is 19.1. The van der Waals surface area contributed by atoms with E-state index in [0.29, 0.717) is 53.1 Å². The molecule has 5 rings (SSSR count). The highest BCUT2D eigenvalue weighted by molar-refractivity contribution is 6.11. The van der Waals surface area contributed by atoms with Gasteiger partial charge in [-0.3, -0.25) is 14.4 Å². The zero-order chi connectivity index (χ0) is 25.1. The highest BCUT2D eigenvalue weighted by Gasteiger charge is 2.36. The Balaban J connectivity index is 1.28. The molecule has 2 aliphatic heterocycles. The number of nitrogens with zero attached hydrogens (tertiary/aromatic N) is 1. The predicted octanol–water partition coefficient (Wildman–Crippen LogP) is 3.71. The summed E-state index contributed by atoms with van der Waals surface area (Å²) in [5, 5.41) is 5.66. The largest absolute Gasteiger partial charge is 0.497 e. The van der Waals surface area contributed by atoms with Crippen molar-refractivity contribution >= 4 is 34.8 Å². The molecular weight excluding hydrogens is 462 g/mol. The standard InChI is InChI=1S/C27H25N3O6/c1-34-20-6-4-5-18(14-20)28-27(33)21-7-2-3-8-22(21)29-26(32)17-13-25(31)30(16-17)19-9-10-23-24(15-19)36-12-11-35-23/h2-10,14-15,17H,11-13,16H2,1H3,(H,28,33)(H,29,32). The number of anilines is 3. The highest BCUT2D eigenvalue weighted by atomic mass is 16.6. The van der Waals surface area contributed by atoms with Crippen molar-refractivity contribution in [1.82, 2.24) is 0 Å². The summed E-state index contributed by atoms with van der Waals surface area (Å²) in [4.78, 5) is 40.4. The van der Waals surface area contributed by atoms with Gasteiger partial charge < -0.3 is 29.7 Å². The summed E-state index contributed by atoms with van der Waals surface area (Å²) >= 11 is 0. The first-order valence-electron chi connectivity index (χ1n) is 11.6. The fourth-order valence-corrected chi connectivity index (χ4v) is 4.26. The van der Waals surface area contributed by atoms with Crippen LogP contribution in [-0.2, 0) is 9.59 Å². The lowest BCUT2D eigenvalue weighted by Gasteiger charge is -2.22. The number of fused-ring (bicyclic) bond motifs is 1. The Morgan fingerprint density at radius 3 is 2.58 bits per heavy atom. The molecule has 3 aromatic carbocycles. The molecule has 0 radical (unpaired) electrons. The molecule has 3 aromatic rings. The van der Waals surface area contributed by atoms with Crippen LogP contribution in [0.25, 0.3) is 0 Å². The molecule has 0 spiro atoms. The molecule has 0 saturated carbocycles. The van der Waals surface area contributed by atoms with Crippen LogP contribution in [0.2, 0.25) is 0 Å². The molecule has 0 aromatic heterocycles. The van der Waals surface area contributed by atoms with Crippen LogP contribution >= 0.6 is 0 Å². The molecule has 0 bridgehead atoms. The quantitative estimate of drug-likeness (QED) is 0.549. The highest BCUT2D eigenvalue weighted by Crippen LogP contribution is 2.36. The summed E-state index contributed by atoms with van der Waals surface area (Å²) in [5.41, 5.74) is 1.89. The van der Waals surface area contributed by atoms with Gasteiger partial charge in [0.1, 0.15) is 19.0 Å². The first kappa shape index (κ1) is 23.2. The van der Waals surface area contributed by atoms with Crippen molar-refractivity contribution in [1.29, 1.82) is 0 Å². The molecule has 1 saturated heterocycles.